The molecule has 3 rings (SSSR count). The number of carboxylic acids is 1. The van der Waals surface area contributed by atoms with E-state index in [0.717, 1.165) is 58.1 Å². The molecule has 2 aliphatic rings. The summed E-state index contributed by atoms with van der Waals surface area (Å²) >= 11 is 0. The van der Waals surface area contributed by atoms with E-state index in [2.05, 4.69) is 33.6 Å². The third kappa shape index (κ3) is 6.53. The van der Waals surface area contributed by atoms with E-state index in [1.807, 2.05) is 0 Å². The lowest BCUT2D eigenvalue weighted by Crippen LogP contribution is -2.40. The lowest BCUT2D eigenvalue weighted by atomic mass is 10.1. The van der Waals surface area contributed by atoms with Crippen LogP contribution in [-0.2, 0) is 22.4 Å². The molecule has 0 aliphatic carbocycles. The number of fused-ring (bicyclic) bond motifs is 1. The van der Waals surface area contributed by atoms with Crippen LogP contribution in [0.4, 0.5) is 19.0 Å². The van der Waals surface area contributed by atoms with Gasteiger partial charge in [-0.25, -0.2) is 14.8 Å². The minimum atomic E-state index is -5.08. The molecule has 1 fully saturated rings. The van der Waals surface area contributed by atoms with Crippen LogP contribution in [0.5, 0.6) is 0 Å². The van der Waals surface area contributed by atoms with Crippen molar-refractivity contribution in [3.8, 4) is 0 Å². The summed E-state index contributed by atoms with van der Waals surface area (Å²) in [5.74, 6) is -1.60. The predicted octanol–water partition coefficient (Wildman–Crippen LogP) is 2.54. The lowest BCUT2D eigenvalue weighted by molar-refractivity contribution is -0.192. The summed E-state index contributed by atoms with van der Waals surface area (Å²) in [6.07, 6.45) is 1.12. The molecule has 0 amide bonds. The maximum Gasteiger partial charge on any atom is 0.490 e. The monoisotopic (exact) mass is 418 g/mol. The minimum absolute atomic E-state index is 0.688. The maximum atomic E-state index is 10.6. The quantitative estimate of drug-likeness (QED) is 0.805. The van der Waals surface area contributed by atoms with Gasteiger partial charge in [0, 0.05) is 57.4 Å². The Morgan fingerprint density at radius 1 is 1.21 bits per heavy atom. The Bertz CT molecular complexity index is 663. The third-order valence-corrected chi connectivity index (χ3v) is 5.31. The second-order valence-corrected chi connectivity index (χ2v) is 6.98. The molecule has 10 heteroatoms. The van der Waals surface area contributed by atoms with Crippen molar-refractivity contribution in [3.63, 3.8) is 0 Å². The van der Waals surface area contributed by atoms with Crippen LogP contribution in [-0.4, -0.2) is 77.6 Å². The van der Waals surface area contributed by atoms with Crippen LogP contribution in [0.3, 0.4) is 0 Å². The highest BCUT2D eigenvalue weighted by atomic mass is 19.4. The van der Waals surface area contributed by atoms with Crippen LogP contribution in [0.15, 0.2) is 6.33 Å². The van der Waals surface area contributed by atoms with E-state index < -0.39 is 12.1 Å². The van der Waals surface area contributed by atoms with Gasteiger partial charge in [-0.05, 0) is 33.1 Å². The standard InChI is InChI=1S/C17H28N4O.C2HF3O2/c1-3-20(4-2)17-15-5-9-21(14-7-11-22-12-8-14)10-6-16(15)18-13-19-17;3-2(4,5)1(6)7/h13-14H,3-12H2,1-2H3;(H,6,7). The van der Waals surface area contributed by atoms with E-state index in [-0.39, 0.29) is 0 Å². The molecule has 164 valence electrons. The molecule has 29 heavy (non-hydrogen) atoms. The lowest BCUT2D eigenvalue weighted by Gasteiger charge is -2.33. The molecule has 1 aromatic heterocycles. The van der Waals surface area contributed by atoms with Crippen LogP contribution in [0.1, 0.15) is 37.9 Å². The van der Waals surface area contributed by atoms with Crippen molar-refractivity contribution in [3.05, 3.63) is 17.6 Å². The molecule has 0 saturated carbocycles. The molecule has 3 heterocycles. The second kappa shape index (κ2) is 10.7. The Labute approximate surface area is 168 Å². The molecule has 0 spiro atoms. The number of aliphatic carboxylic acids is 1. The molecule has 0 unspecified atom stereocenters. The SMILES string of the molecule is CCN(CC)c1ncnc2c1CCN(C1CCOCC1)CC2.O=C(O)C(F)(F)F. The Hall–Kier alpha value is -1.94. The fourth-order valence-corrected chi connectivity index (χ4v) is 3.74. The summed E-state index contributed by atoms with van der Waals surface area (Å²) in [5.41, 5.74) is 2.63. The first-order valence-electron chi connectivity index (χ1n) is 9.97. The molecular formula is C19H29F3N4O3. The molecular weight excluding hydrogens is 389 g/mol. The molecule has 2 aliphatic heterocycles. The fraction of sp³-hybridized carbons (Fsp3) is 0.737. The van der Waals surface area contributed by atoms with E-state index in [4.69, 9.17) is 14.6 Å². The number of carboxylic acid groups (broad SMARTS) is 1. The van der Waals surface area contributed by atoms with E-state index in [1.165, 1.54) is 24.1 Å². The van der Waals surface area contributed by atoms with Crippen molar-refractivity contribution >= 4 is 11.8 Å². The number of hydrogen-bond acceptors (Lipinski definition) is 6. The zero-order chi connectivity index (χ0) is 21.4. The third-order valence-electron chi connectivity index (χ3n) is 5.31. The van der Waals surface area contributed by atoms with Crippen LogP contribution in [0.25, 0.3) is 0 Å². The zero-order valence-corrected chi connectivity index (χ0v) is 16.9. The molecule has 0 aromatic carbocycles. The fourth-order valence-electron chi connectivity index (χ4n) is 3.74. The number of halogens is 3. The largest absolute Gasteiger partial charge is 0.490 e. The average molecular weight is 418 g/mol. The maximum absolute atomic E-state index is 10.6. The summed E-state index contributed by atoms with van der Waals surface area (Å²) in [4.78, 5) is 23.1. The summed E-state index contributed by atoms with van der Waals surface area (Å²) < 4.78 is 37.2. The normalized spacial score (nSPS) is 18.2. The highest BCUT2D eigenvalue weighted by Gasteiger charge is 2.38. The number of ether oxygens (including phenoxy) is 1. The van der Waals surface area contributed by atoms with Gasteiger partial charge in [0.05, 0.1) is 5.69 Å². The van der Waals surface area contributed by atoms with Crippen molar-refractivity contribution in [2.24, 2.45) is 0 Å². The predicted molar refractivity (Wildman–Crippen MR) is 102 cm³/mol. The van der Waals surface area contributed by atoms with Gasteiger partial charge in [-0.1, -0.05) is 0 Å². The van der Waals surface area contributed by atoms with Crippen LogP contribution < -0.4 is 4.90 Å². The van der Waals surface area contributed by atoms with Crippen molar-refractivity contribution in [2.45, 2.75) is 51.7 Å². The van der Waals surface area contributed by atoms with Crippen molar-refractivity contribution in [1.82, 2.24) is 14.9 Å². The van der Waals surface area contributed by atoms with Gasteiger partial charge in [-0.15, -0.1) is 0 Å². The average Bonchev–Trinajstić information content (AvgIpc) is 2.93. The Morgan fingerprint density at radius 2 is 1.79 bits per heavy atom. The van der Waals surface area contributed by atoms with Gasteiger partial charge >= 0.3 is 12.1 Å². The first kappa shape index (κ1) is 23.3. The number of carbonyl (C=O) groups is 1. The summed E-state index contributed by atoms with van der Waals surface area (Å²) in [5, 5.41) is 7.12. The summed E-state index contributed by atoms with van der Waals surface area (Å²) in [6.45, 7) is 10.5. The van der Waals surface area contributed by atoms with Crippen LogP contribution in [0, 0.1) is 0 Å². The van der Waals surface area contributed by atoms with Gasteiger partial charge in [-0.2, -0.15) is 13.2 Å². The second-order valence-electron chi connectivity index (χ2n) is 6.98. The van der Waals surface area contributed by atoms with Gasteiger partial charge in [0.2, 0.25) is 0 Å². The van der Waals surface area contributed by atoms with Crippen molar-refractivity contribution in [1.29, 1.82) is 0 Å². The smallest absolute Gasteiger partial charge is 0.475 e. The van der Waals surface area contributed by atoms with E-state index in [1.54, 1.807) is 6.33 Å². The summed E-state index contributed by atoms with van der Waals surface area (Å²) in [6, 6.07) is 0.688. The van der Waals surface area contributed by atoms with Gasteiger partial charge in [0.15, 0.2) is 0 Å². The zero-order valence-electron chi connectivity index (χ0n) is 16.9. The van der Waals surface area contributed by atoms with Crippen LogP contribution in [0.2, 0.25) is 0 Å². The number of nitrogens with zero attached hydrogens (tertiary/aromatic N) is 4. The van der Waals surface area contributed by atoms with Gasteiger partial charge < -0.3 is 14.7 Å². The van der Waals surface area contributed by atoms with Crippen molar-refractivity contribution < 1.29 is 27.8 Å². The molecule has 1 N–H and O–H groups in total. The first-order chi connectivity index (χ1) is 13.8. The van der Waals surface area contributed by atoms with Gasteiger partial charge in [-0.3, -0.25) is 4.90 Å². The Morgan fingerprint density at radius 3 is 2.34 bits per heavy atom. The number of rotatable bonds is 4. The van der Waals surface area contributed by atoms with Gasteiger partial charge in [0.25, 0.3) is 0 Å². The molecule has 1 saturated heterocycles. The van der Waals surface area contributed by atoms with E-state index in [0.29, 0.717) is 6.04 Å². The topological polar surface area (TPSA) is 78.8 Å². The van der Waals surface area contributed by atoms with E-state index >= 15 is 0 Å². The highest BCUT2D eigenvalue weighted by molar-refractivity contribution is 5.73. The molecule has 0 radical (unpaired) electrons. The Kier molecular flexibility index (Phi) is 8.63. The van der Waals surface area contributed by atoms with Crippen LogP contribution >= 0.6 is 0 Å². The van der Waals surface area contributed by atoms with Crippen molar-refractivity contribution in [2.75, 3.05) is 44.3 Å². The molecule has 0 atom stereocenters. The molecule has 1 aromatic rings. The highest BCUT2D eigenvalue weighted by Crippen LogP contribution is 2.25. The summed E-state index contributed by atoms with van der Waals surface area (Å²) in [7, 11) is 0. The Balaban J connectivity index is 0.000000370. The number of anilines is 1. The number of aromatic nitrogens is 2. The molecule has 7 nitrogen and oxygen atoms in total. The number of hydrogen-bond donors (Lipinski definition) is 1. The van der Waals surface area contributed by atoms with E-state index in [9.17, 15) is 13.2 Å². The van der Waals surface area contributed by atoms with Gasteiger partial charge in [0.1, 0.15) is 12.1 Å². The molecule has 0 bridgehead atoms. The minimum Gasteiger partial charge on any atom is -0.475 e. The number of alkyl halides is 3. The first-order valence-corrected chi connectivity index (χ1v) is 9.97.